The third-order valence-corrected chi connectivity index (χ3v) is 3.63. The lowest BCUT2D eigenvalue weighted by molar-refractivity contribution is -0.119. The summed E-state index contributed by atoms with van der Waals surface area (Å²) in [6, 6.07) is 6.09. The smallest absolute Gasteiger partial charge is 0.229 e. The van der Waals surface area contributed by atoms with Crippen molar-refractivity contribution in [1.29, 1.82) is 0 Å². The molecule has 1 fully saturated rings. The monoisotopic (exact) mass is 246 g/mol. The van der Waals surface area contributed by atoms with Crippen LogP contribution in [0, 0.1) is 5.92 Å². The first-order chi connectivity index (χ1) is 8.84. The van der Waals surface area contributed by atoms with Crippen LogP contribution in [0.2, 0.25) is 0 Å². The van der Waals surface area contributed by atoms with Gasteiger partial charge in [-0.2, -0.15) is 0 Å². The van der Waals surface area contributed by atoms with E-state index in [9.17, 15) is 4.79 Å². The Morgan fingerprint density at radius 3 is 3.22 bits per heavy atom. The van der Waals surface area contributed by atoms with Crippen molar-refractivity contribution in [3.63, 3.8) is 0 Å². The molecule has 3 rings (SSSR count). The molecule has 1 amide bonds. The van der Waals surface area contributed by atoms with Crippen LogP contribution in [0.5, 0.6) is 0 Å². The minimum atomic E-state index is 0.00412. The van der Waals surface area contributed by atoms with E-state index in [4.69, 9.17) is 4.74 Å². The normalized spacial score (nSPS) is 22.1. The molecule has 2 aliphatic heterocycles. The standard InChI is InChI=1S/C14H18N2O2/c17-14(11-6-8-18-9-11)16-12-5-1-3-10-4-2-7-15-13(10)12/h1,3,5,11,15H,2,4,6-9H2,(H,16,17). The number of hydrogen-bond acceptors (Lipinski definition) is 3. The van der Waals surface area contributed by atoms with Gasteiger partial charge < -0.3 is 15.4 Å². The first-order valence-corrected chi connectivity index (χ1v) is 6.59. The molecule has 0 bridgehead atoms. The number of nitrogens with one attached hydrogen (secondary N) is 2. The lowest BCUT2D eigenvalue weighted by Gasteiger charge is -2.22. The van der Waals surface area contributed by atoms with E-state index in [1.807, 2.05) is 12.1 Å². The van der Waals surface area contributed by atoms with Gasteiger partial charge in [0.2, 0.25) is 5.91 Å². The third kappa shape index (κ3) is 2.20. The molecule has 1 aromatic carbocycles. The Morgan fingerprint density at radius 2 is 2.39 bits per heavy atom. The van der Waals surface area contributed by atoms with Gasteiger partial charge >= 0.3 is 0 Å². The Kier molecular flexibility index (Phi) is 3.19. The second-order valence-corrected chi connectivity index (χ2v) is 4.92. The fourth-order valence-electron chi connectivity index (χ4n) is 2.59. The number of para-hydroxylation sites is 1. The SMILES string of the molecule is O=C(Nc1cccc2c1NCCC2)C1CCOC1. The first kappa shape index (κ1) is 11.5. The molecule has 2 heterocycles. The first-order valence-electron chi connectivity index (χ1n) is 6.59. The summed E-state index contributed by atoms with van der Waals surface area (Å²) < 4.78 is 5.25. The predicted molar refractivity (Wildman–Crippen MR) is 70.8 cm³/mol. The highest BCUT2D eigenvalue weighted by atomic mass is 16.5. The summed E-state index contributed by atoms with van der Waals surface area (Å²) >= 11 is 0. The Morgan fingerprint density at radius 1 is 1.44 bits per heavy atom. The van der Waals surface area contributed by atoms with Crippen LogP contribution < -0.4 is 10.6 Å². The molecule has 1 atom stereocenters. The number of anilines is 2. The summed E-state index contributed by atoms with van der Waals surface area (Å²) in [4.78, 5) is 12.1. The van der Waals surface area contributed by atoms with Gasteiger partial charge in [0.1, 0.15) is 0 Å². The Balaban J connectivity index is 1.77. The number of carbonyl (C=O) groups excluding carboxylic acids is 1. The lowest BCUT2D eigenvalue weighted by Crippen LogP contribution is -2.24. The van der Waals surface area contributed by atoms with E-state index in [1.54, 1.807) is 0 Å². The second-order valence-electron chi connectivity index (χ2n) is 4.92. The van der Waals surface area contributed by atoms with Crippen LogP contribution >= 0.6 is 0 Å². The van der Waals surface area contributed by atoms with Gasteiger partial charge in [-0.15, -0.1) is 0 Å². The lowest BCUT2D eigenvalue weighted by atomic mass is 10.0. The number of amides is 1. The van der Waals surface area contributed by atoms with E-state index in [1.165, 1.54) is 5.56 Å². The molecule has 1 aromatic rings. The van der Waals surface area contributed by atoms with Gasteiger partial charge in [-0.1, -0.05) is 12.1 Å². The second kappa shape index (κ2) is 4.98. The molecule has 0 aromatic heterocycles. The topological polar surface area (TPSA) is 50.4 Å². The van der Waals surface area contributed by atoms with Crippen molar-refractivity contribution in [2.24, 2.45) is 5.92 Å². The third-order valence-electron chi connectivity index (χ3n) is 3.63. The van der Waals surface area contributed by atoms with Crippen LogP contribution in [0.3, 0.4) is 0 Å². The van der Waals surface area contributed by atoms with Gasteiger partial charge in [0.15, 0.2) is 0 Å². The van der Waals surface area contributed by atoms with Gasteiger partial charge in [0, 0.05) is 13.2 Å². The number of aryl methyl sites for hydroxylation is 1. The Labute approximate surface area is 107 Å². The molecule has 1 saturated heterocycles. The summed E-state index contributed by atoms with van der Waals surface area (Å²) in [7, 11) is 0. The molecule has 0 saturated carbocycles. The summed E-state index contributed by atoms with van der Waals surface area (Å²) in [5.41, 5.74) is 3.29. The Hall–Kier alpha value is -1.55. The zero-order valence-corrected chi connectivity index (χ0v) is 10.4. The zero-order chi connectivity index (χ0) is 12.4. The van der Waals surface area contributed by atoms with Crippen LogP contribution in [-0.2, 0) is 16.0 Å². The van der Waals surface area contributed by atoms with Crippen LogP contribution in [0.4, 0.5) is 11.4 Å². The average Bonchev–Trinajstić information content (AvgIpc) is 2.93. The highest BCUT2D eigenvalue weighted by molar-refractivity contribution is 5.96. The molecule has 18 heavy (non-hydrogen) atoms. The molecule has 0 radical (unpaired) electrons. The van der Waals surface area contributed by atoms with Gasteiger partial charge in [-0.25, -0.2) is 0 Å². The van der Waals surface area contributed by atoms with Crippen molar-refractivity contribution in [2.45, 2.75) is 19.3 Å². The molecular formula is C14H18N2O2. The molecule has 4 heteroatoms. The minimum absolute atomic E-state index is 0.00412. The van der Waals surface area contributed by atoms with Crippen molar-refractivity contribution in [3.05, 3.63) is 23.8 Å². The highest BCUT2D eigenvalue weighted by Gasteiger charge is 2.24. The average molecular weight is 246 g/mol. The summed E-state index contributed by atoms with van der Waals surface area (Å²) in [5, 5.41) is 6.41. The number of fused-ring (bicyclic) bond motifs is 1. The van der Waals surface area contributed by atoms with Gasteiger partial charge in [-0.3, -0.25) is 4.79 Å². The molecular weight excluding hydrogens is 228 g/mol. The summed E-state index contributed by atoms with van der Waals surface area (Å²) in [6.07, 6.45) is 3.06. The quantitative estimate of drug-likeness (QED) is 0.839. The summed E-state index contributed by atoms with van der Waals surface area (Å²) in [6.45, 7) is 2.23. The van der Waals surface area contributed by atoms with E-state index in [-0.39, 0.29) is 11.8 Å². The molecule has 1 unspecified atom stereocenters. The van der Waals surface area contributed by atoms with Crippen molar-refractivity contribution in [2.75, 3.05) is 30.4 Å². The van der Waals surface area contributed by atoms with Crippen molar-refractivity contribution < 1.29 is 9.53 Å². The fourth-order valence-corrected chi connectivity index (χ4v) is 2.59. The minimum Gasteiger partial charge on any atom is -0.383 e. The number of ether oxygens (including phenoxy) is 1. The van der Waals surface area contributed by atoms with E-state index < -0.39 is 0 Å². The van der Waals surface area contributed by atoms with E-state index in [2.05, 4.69) is 16.7 Å². The molecule has 2 aliphatic rings. The van der Waals surface area contributed by atoms with Crippen LogP contribution in [0.15, 0.2) is 18.2 Å². The van der Waals surface area contributed by atoms with Crippen molar-refractivity contribution in [1.82, 2.24) is 0 Å². The van der Waals surface area contributed by atoms with E-state index in [0.29, 0.717) is 13.2 Å². The van der Waals surface area contributed by atoms with Gasteiger partial charge in [0.05, 0.1) is 23.9 Å². The van der Waals surface area contributed by atoms with Gasteiger partial charge in [-0.05, 0) is 30.9 Å². The van der Waals surface area contributed by atoms with E-state index >= 15 is 0 Å². The molecule has 96 valence electrons. The maximum Gasteiger partial charge on any atom is 0.229 e. The fraction of sp³-hybridized carbons (Fsp3) is 0.500. The van der Waals surface area contributed by atoms with Crippen LogP contribution in [0.1, 0.15) is 18.4 Å². The number of benzene rings is 1. The molecule has 0 spiro atoms. The largest absolute Gasteiger partial charge is 0.383 e. The summed E-state index contributed by atoms with van der Waals surface area (Å²) in [5.74, 6) is 0.0812. The van der Waals surface area contributed by atoms with Crippen molar-refractivity contribution in [3.8, 4) is 0 Å². The van der Waals surface area contributed by atoms with Crippen molar-refractivity contribution >= 4 is 17.3 Å². The highest BCUT2D eigenvalue weighted by Crippen LogP contribution is 2.30. The molecule has 0 aliphatic carbocycles. The zero-order valence-electron chi connectivity index (χ0n) is 10.4. The maximum absolute atomic E-state index is 12.1. The predicted octanol–water partition coefficient (Wildman–Crippen LogP) is 2.02. The van der Waals surface area contributed by atoms with Crippen LogP contribution in [-0.4, -0.2) is 25.7 Å². The number of hydrogen-bond donors (Lipinski definition) is 2. The maximum atomic E-state index is 12.1. The molecule has 2 N–H and O–H groups in total. The molecule has 4 nitrogen and oxygen atoms in total. The van der Waals surface area contributed by atoms with Gasteiger partial charge in [0.25, 0.3) is 0 Å². The van der Waals surface area contributed by atoms with Crippen LogP contribution in [0.25, 0.3) is 0 Å². The van der Waals surface area contributed by atoms with E-state index in [0.717, 1.165) is 37.2 Å². The number of carbonyl (C=O) groups is 1. The number of rotatable bonds is 2. The Bertz CT molecular complexity index is 453.